The smallest absolute Gasteiger partial charge is 0.0172 e. The first kappa shape index (κ1) is 9.93. The van der Waals surface area contributed by atoms with Crippen molar-refractivity contribution in [3.05, 3.63) is 12.2 Å². The van der Waals surface area contributed by atoms with Crippen LogP contribution in [0.15, 0.2) is 12.2 Å². The van der Waals surface area contributed by atoms with Crippen LogP contribution in [0.4, 0.5) is 0 Å². The van der Waals surface area contributed by atoms with E-state index in [-0.39, 0.29) is 0 Å². The van der Waals surface area contributed by atoms with E-state index in [1.165, 1.54) is 25.7 Å². The van der Waals surface area contributed by atoms with Gasteiger partial charge in [0.15, 0.2) is 0 Å². The maximum atomic E-state index is 4.35. The fourth-order valence-corrected chi connectivity index (χ4v) is 4.93. The van der Waals surface area contributed by atoms with Gasteiger partial charge in [-0.05, 0) is 60.7 Å². The normalized spacial score (nSPS) is 51.9. The van der Waals surface area contributed by atoms with E-state index in [1.807, 2.05) is 0 Å². The summed E-state index contributed by atoms with van der Waals surface area (Å²) in [5.41, 5.74) is 2.25. The van der Waals surface area contributed by atoms with Gasteiger partial charge in [-0.1, -0.05) is 32.9 Å². The third-order valence-corrected chi connectivity index (χ3v) is 5.91. The first-order valence-electron chi connectivity index (χ1n) is 6.71. The predicted octanol–water partition coefficient (Wildman–Crippen LogP) is 4.27. The summed E-state index contributed by atoms with van der Waals surface area (Å²) < 4.78 is 0. The van der Waals surface area contributed by atoms with Crippen molar-refractivity contribution < 1.29 is 0 Å². The van der Waals surface area contributed by atoms with Gasteiger partial charge in [-0.3, -0.25) is 0 Å². The standard InChI is InChI=1S/C15H24/c1-9-6-8-12-14(15(12,3)4)13-10(2)5-7-11(9)13/h10-14H,1,5-8H2,2-4H3/t10-,11-,12+,13+,14+/m1/s1. The minimum absolute atomic E-state index is 0.655. The summed E-state index contributed by atoms with van der Waals surface area (Å²) in [6, 6.07) is 0. The summed E-state index contributed by atoms with van der Waals surface area (Å²) in [4.78, 5) is 0. The molecule has 3 rings (SSSR count). The van der Waals surface area contributed by atoms with E-state index in [4.69, 9.17) is 0 Å². The van der Waals surface area contributed by atoms with Crippen molar-refractivity contribution in [2.45, 2.75) is 46.5 Å². The molecule has 0 radical (unpaired) electrons. The Hall–Kier alpha value is -0.260. The summed E-state index contributed by atoms with van der Waals surface area (Å²) in [7, 11) is 0. The summed E-state index contributed by atoms with van der Waals surface area (Å²) >= 11 is 0. The maximum Gasteiger partial charge on any atom is -0.0172 e. The molecule has 0 aromatic rings. The van der Waals surface area contributed by atoms with Crippen molar-refractivity contribution >= 4 is 0 Å². The second-order valence-corrected chi connectivity index (χ2v) is 6.89. The molecule has 5 atom stereocenters. The molecule has 0 saturated heterocycles. The Morgan fingerprint density at radius 3 is 2.67 bits per heavy atom. The fourth-order valence-electron chi connectivity index (χ4n) is 4.93. The molecule has 84 valence electrons. The van der Waals surface area contributed by atoms with Crippen molar-refractivity contribution in [1.82, 2.24) is 0 Å². The van der Waals surface area contributed by atoms with Gasteiger partial charge in [-0.25, -0.2) is 0 Å². The molecule has 3 aliphatic rings. The van der Waals surface area contributed by atoms with Crippen LogP contribution in [0.25, 0.3) is 0 Å². The van der Waals surface area contributed by atoms with Crippen LogP contribution < -0.4 is 0 Å². The zero-order valence-corrected chi connectivity index (χ0v) is 10.4. The molecule has 0 N–H and O–H groups in total. The molecule has 0 aliphatic heterocycles. The van der Waals surface area contributed by atoms with Crippen molar-refractivity contribution in [1.29, 1.82) is 0 Å². The molecule has 15 heavy (non-hydrogen) atoms. The topological polar surface area (TPSA) is 0 Å². The molecule has 3 aliphatic carbocycles. The first-order valence-corrected chi connectivity index (χ1v) is 6.71. The fraction of sp³-hybridized carbons (Fsp3) is 0.867. The number of fused-ring (bicyclic) bond motifs is 3. The Labute approximate surface area is 94.1 Å². The van der Waals surface area contributed by atoms with Crippen LogP contribution in [0.5, 0.6) is 0 Å². The monoisotopic (exact) mass is 204 g/mol. The number of allylic oxidation sites excluding steroid dienone is 1. The molecule has 0 aromatic heterocycles. The van der Waals surface area contributed by atoms with Crippen molar-refractivity contribution in [2.75, 3.05) is 0 Å². The van der Waals surface area contributed by atoms with Crippen LogP contribution in [-0.2, 0) is 0 Å². The van der Waals surface area contributed by atoms with Gasteiger partial charge in [0.25, 0.3) is 0 Å². The minimum Gasteiger partial charge on any atom is -0.0996 e. The van der Waals surface area contributed by atoms with Crippen molar-refractivity contribution in [3.63, 3.8) is 0 Å². The summed E-state index contributed by atoms with van der Waals surface area (Å²) in [6.45, 7) is 11.8. The molecule has 3 saturated carbocycles. The van der Waals surface area contributed by atoms with Gasteiger partial charge in [0, 0.05) is 0 Å². The van der Waals surface area contributed by atoms with Crippen LogP contribution in [-0.4, -0.2) is 0 Å². The minimum atomic E-state index is 0.655. The highest BCUT2D eigenvalue weighted by Crippen LogP contribution is 2.70. The average Bonchev–Trinajstić information content (AvgIpc) is 2.55. The predicted molar refractivity (Wildman–Crippen MR) is 64.5 cm³/mol. The molecule has 0 bridgehead atoms. The van der Waals surface area contributed by atoms with Crippen LogP contribution in [0.1, 0.15) is 46.5 Å². The van der Waals surface area contributed by atoms with Gasteiger partial charge in [-0.2, -0.15) is 0 Å². The van der Waals surface area contributed by atoms with E-state index >= 15 is 0 Å². The van der Waals surface area contributed by atoms with Gasteiger partial charge in [0.2, 0.25) is 0 Å². The highest BCUT2D eigenvalue weighted by Gasteiger charge is 2.64. The molecule has 0 aromatic carbocycles. The Bertz CT molecular complexity index is 299. The van der Waals surface area contributed by atoms with Crippen LogP contribution in [0, 0.1) is 35.0 Å². The molecular formula is C15H24. The molecule has 3 fully saturated rings. The molecule has 0 nitrogen and oxygen atoms in total. The Kier molecular flexibility index (Phi) is 1.92. The van der Waals surface area contributed by atoms with E-state index in [9.17, 15) is 0 Å². The number of hydrogen-bond acceptors (Lipinski definition) is 0. The number of rotatable bonds is 0. The Morgan fingerprint density at radius 1 is 1.20 bits per heavy atom. The second kappa shape index (κ2) is 2.90. The van der Waals surface area contributed by atoms with Gasteiger partial charge in [-0.15, -0.1) is 0 Å². The lowest BCUT2D eigenvalue weighted by atomic mass is 9.80. The Morgan fingerprint density at radius 2 is 1.93 bits per heavy atom. The quantitative estimate of drug-likeness (QED) is 0.517. The number of hydrogen-bond donors (Lipinski definition) is 0. The SMILES string of the molecule is C=C1CC[C@H]2[C@@H]([C@H]3[C@H](C)CC[C@H]13)C2(C)C. The van der Waals surface area contributed by atoms with Crippen molar-refractivity contribution in [3.8, 4) is 0 Å². The van der Waals surface area contributed by atoms with Gasteiger partial charge in [0.1, 0.15) is 0 Å². The summed E-state index contributed by atoms with van der Waals surface area (Å²) in [5, 5.41) is 0. The lowest BCUT2D eigenvalue weighted by Crippen LogP contribution is -2.18. The molecule has 0 amide bonds. The summed E-state index contributed by atoms with van der Waals surface area (Å²) in [5.74, 6) is 4.87. The second-order valence-electron chi connectivity index (χ2n) is 6.89. The van der Waals surface area contributed by atoms with Gasteiger partial charge >= 0.3 is 0 Å². The first-order chi connectivity index (χ1) is 7.03. The van der Waals surface area contributed by atoms with Gasteiger partial charge < -0.3 is 0 Å². The molecular weight excluding hydrogens is 180 g/mol. The van der Waals surface area contributed by atoms with E-state index in [0.717, 1.165) is 29.6 Å². The van der Waals surface area contributed by atoms with Crippen molar-refractivity contribution in [2.24, 2.45) is 35.0 Å². The molecule has 0 heteroatoms. The largest absolute Gasteiger partial charge is 0.0996 e. The van der Waals surface area contributed by atoms with Crippen LogP contribution in [0.3, 0.4) is 0 Å². The van der Waals surface area contributed by atoms with Gasteiger partial charge in [0.05, 0.1) is 0 Å². The third-order valence-electron chi connectivity index (χ3n) is 5.91. The average molecular weight is 204 g/mol. The lowest BCUT2D eigenvalue weighted by molar-refractivity contribution is 0.280. The summed E-state index contributed by atoms with van der Waals surface area (Å²) in [6.07, 6.45) is 5.63. The zero-order valence-electron chi connectivity index (χ0n) is 10.4. The zero-order chi connectivity index (χ0) is 10.8. The van der Waals surface area contributed by atoms with E-state index in [0.29, 0.717) is 5.41 Å². The van der Waals surface area contributed by atoms with E-state index in [1.54, 1.807) is 5.57 Å². The lowest BCUT2D eigenvalue weighted by Gasteiger charge is -2.25. The maximum absolute atomic E-state index is 4.35. The highest BCUT2D eigenvalue weighted by atomic mass is 14.7. The third kappa shape index (κ3) is 1.20. The van der Waals surface area contributed by atoms with E-state index < -0.39 is 0 Å². The van der Waals surface area contributed by atoms with Crippen LogP contribution in [0.2, 0.25) is 0 Å². The molecule has 0 unspecified atom stereocenters. The molecule has 0 heterocycles. The highest BCUT2D eigenvalue weighted by molar-refractivity contribution is 5.20. The van der Waals surface area contributed by atoms with Crippen LogP contribution >= 0.6 is 0 Å². The molecule has 0 spiro atoms. The van der Waals surface area contributed by atoms with E-state index in [2.05, 4.69) is 27.4 Å². The Balaban J connectivity index is 1.93.